The lowest BCUT2D eigenvalue weighted by atomic mass is 10.2. The van der Waals surface area contributed by atoms with Gasteiger partial charge in [0.15, 0.2) is 0 Å². The standard InChI is InChI=1S/C17H19ClN2O2S/c1-17(2,3)22-16(21)20-8-7-13-14(10-20)23-15(19-13)11-5-4-6-12(18)9-11/h4-6,9H,7-8,10H2,1-3H3. The van der Waals surface area contributed by atoms with Gasteiger partial charge >= 0.3 is 6.09 Å². The Morgan fingerprint density at radius 1 is 1.39 bits per heavy atom. The molecule has 1 aliphatic rings. The molecule has 2 aromatic rings. The Morgan fingerprint density at radius 3 is 2.87 bits per heavy atom. The van der Waals surface area contributed by atoms with Crippen LogP contribution in [0.3, 0.4) is 0 Å². The molecule has 122 valence electrons. The van der Waals surface area contributed by atoms with E-state index in [1.807, 2.05) is 45.0 Å². The van der Waals surface area contributed by atoms with Crippen molar-refractivity contribution in [3.05, 3.63) is 39.9 Å². The van der Waals surface area contributed by atoms with Crippen LogP contribution >= 0.6 is 22.9 Å². The zero-order valence-electron chi connectivity index (χ0n) is 13.4. The summed E-state index contributed by atoms with van der Waals surface area (Å²) in [5, 5.41) is 1.65. The Labute approximate surface area is 145 Å². The number of halogens is 1. The van der Waals surface area contributed by atoms with Gasteiger partial charge in [-0.15, -0.1) is 11.3 Å². The SMILES string of the molecule is CC(C)(C)OC(=O)N1CCc2nc(-c3cccc(Cl)c3)sc2C1. The van der Waals surface area contributed by atoms with Crippen molar-refractivity contribution < 1.29 is 9.53 Å². The number of benzene rings is 1. The van der Waals surface area contributed by atoms with E-state index in [1.54, 1.807) is 16.2 Å². The van der Waals surface area contributed by atoms with Crippen molar-refractivity contribution in [2.45, 2.75) is 39.3 Å². The molecule has 0 unspecified atom stereocenters. The number of carbonyl (C=O) groups excluding carboxylic acids is 1. The number of aromatic nitrogens is 1. The Morgan fingerprint density at radius 2 is 2.17 bits per heavy atom. The number of fused-ring (bicyclic) bond motifs is 1. The highest BCUT2D eigenvalue weighted by Gasteiger charge is 2.27. The summed E-state index contributed by atoms with van der Waals surface area (Å²) in [5.74, 6) is 0. The lowest BCUT2D eigenvalue weighted by Crippen LogP contribution is -2.39. The van der Waals surface area contributed by atoms with Crippen molar-refractivity contribution in [1.82, 2.24) is 9.88 Å². The molecule has 3 rings (SSSR count). The van der Waals surface area contributed by atoms with Crippen LogP contribution in [0, 0.1) is 0 Å². The van der Waals surface area contributed by atoms with Crippen molar-refractivity contribution in [1.29, 1.82) is 0 Å². The van der Waals surface area contributed by atoms with E-state index in [4.69, 9.17) is 21.3 Å². The first-order chi connectivity index (χ1) is 10.8. The monoisotopic (exact) mass is 350 g/mol. The fourth-order valence-electron chi connectivity index (χ4n) is 2.42. The lowest BCUT2D eigenvalue weighted by Gasteiger charge is -2.29. The largest absolute Gasteiger partial charge is 0.444 e. The fraction of sp³-hybridized carbons (Fsp3) is 0.412. The van der Waals surface area contributed by atoms with Crippen molar-refractivity contribution >= 4 is 29.0 Å². The minimum absolute atomic E-state index is 0.263. The number of carbonyl (C=O) groups is 1. The third-order valence-electron chi connectivity index (χ3n) is 3.45. The topological polar surface area (TPSA) is 42.4 Å². The third kappa shape index (κ3) is 3.85. The van der Waals surface area contributed by atoms with E-state index in [0.717, 1.165) is 27.6 Å². The zero-order chi connectivity index (χ0) is 16.6. The van der Waals surface area contributed by atoms with Gasteiger partial charge in [0.05, 0.1) is 12.2 Å². The minimum atomic E-state index is -0.475. The molecule has 0 spiro atoms. The first-order valence-electron chi connectivity index (χ1n) is 7.54. The molecule has 0 aliphatic carbocycles. The molecule has 0 saturated heterocycles. The second-order valence-electron chi connectivity index (χ2n) is 6.55. The highest BCUT2D eigenvalue weighted by atomic mass is 35.5. The number of nitrogens with zero attached hydrogens (tertiary/aromatic N) is 2. The van der Waals surface area contributed by atoms with Crippen LogP contribution in [0.15, 0.2) is 24.3 Å². The Hall–Kier alpha value is -1.59. The van der Waals surface area contributed by atoms with Crippen LogP contribution < -0.4 is 0 Å². The number of amides is 1. The van der Waals surface area contributed by atoms with Crippen LogP contribution in [0.4, 0.5) is 4.79 Å². The second-order valence-corrected chi connectivity index (χ2v) is 8.07. The van der Waals surface area contributed by atoms with Gasteiger partial charge in [0.1, 0.15) is 10.6 Å². The second kappa shape index (κ2) is 6.13. The molecule has 1 aromatic heterocycles. The Balaban J connectivity index is 1.78. The van der Waals surface area contributed by atoms with Crippen LogP contribution in [0.2, 0.25) is 5.02 Å². The maximum atomic E-state index is 12.2. The molecule has 1 aliphatic heterocycles. The number of thiazole rings is 1. The molecule has 0 bridgehead atoms. The van der Waals surface area contributed by atoms with E-state index in [9.17, 15) is 4.79 Å². The molecule has 0 N–H and O–H groups in total. The summed E-state index contributed by atoms with van der Waals surface area (Å²) < 4.78 is 5.45. The first kappa shape index (κ1) is 16.3. The fourth-order valence-corrected chi connectivity index (χ4v) is 3.73. The van der Waals surface area contributed by atoms with Gasteiger partial charge in [-0.05, 0) is 32.9 Å². The lowest BCUT2D eigenvalue weighted by molar-refractivity contribution is 0.0225. The number of rotatable bonds is 1. The molecule has 0 fully saturated rings. The third-order valence-corrected chi connectivity index (χ3v) is 4.82. The molecular formula is C17H19ClN2O2S. The normalized spacial score (nSPS) is 14.5. The van der Waals surface area contributed by atoms with Crippen LogP contribution in [-0.2, 0) is 17.7 Å². The van der Waals surface area contributed by atoms with Crippen LogP contribution in [0.25, 0.3) is 10.6 Å². The smallest absolute Gasteiger partial charge is 0.410 e. The minimum Gasteiger partial charge on any atom is -0.444 e. The maximum Gasteiger partial charge on any atom is 0.410 e. The number of ether oxygens (including phenoxy) is 1. The molecule has 6 heteroatoms. The van der Waals surface area contributed by atoms with Crippen LogP contribution in [0.1, 0.15) is 31.3 Å². The summed E-state index contributed by atoms with van der Waals surface area (Å²) in [7, 11) is 0. The van der Waals surface area contributed by atoms with E-state index in [0.29, 0.717) is 18.1 Å². The highest BCUT2D eigenvalue weighted by Crippen LogP contribution is 2.33. The van der Waals surface area contributed by atoms with Crippen LogP contribution in [0.5, 0.6) is 0 Å². The molecular weight excluding hydrogens is 332 g/mol. The molecule has 0 atom stereocenters. The average Bonchev–Trinajstić information content (AvgIpc) is 2.88. The van der Waals surface area contributed by atoms with E-state index in [2.05, 4.69) is 0 Å². The average molecular weight is 351 g/mol. The number of hydrogen-bond donors (Lipinski definition) is 0. The molecule has 0 radical (unpaired) electrons. The zero-order valence-corrected chi connectivity index (χ0v) is 15.0. The van der Waals surface area contributed by atoms with Gasteiger partial charge in [-0.3, -0.25) is 0 Å². The van der Waals surface area contributed by atoms with E-state index >= 15 is 0 Å². The molecule has 23 heavy (non-hydrogen) atoms. The van der Waals surface area contributed by atoms with Gasteiger partial charge in [-0.1, -0.05) is 23.7 Å². The summed E-state index contributed by atoms with van der Waals surface area (Å²) in [5.41, 5.74) is 1.61. The van der Waals surface area contributed by atoms with Crippen molar-refractivity contribution in [3.8, 4) is 10.6 Å². The van der Waals surface area contributed by atoms with Gasteiger partial charge in [-0.25, -0.2) is 9.78 Å². The van der Waals surface area contributed by atoms with Gasteiger partial charge in [0, 0.05) is 28.4 Å². The summed E-state index contributed by atoms with van der Waals surface area (Å²) in [6, 6.07) is 7.69. The van der Waals surface area contributed by atoms with Gasteiger partial charge in [0.25, 0.3) is 0 Å². The predicted molar refractivity (Wildman–Crippen MR) is 92.9 cm³/mol. The van der Waals surface area contributed by atoms with E-state index in [-0.39, 0.29) is 6.09 Å². The van der Waals surface area contributed by atoms with Gasteiger partial charge in [0.2, 0.25) is 0 Å². The molecule has 1 amide bonds. The van der Waals surface area contributed by atoms with Crippen molar-refractivity contribution in [2.24, 2.45) is 0 Å². The highest BCUT2D eigenvalue weighted by molar-refractivity contribution is 7.15. The summed E-state index contributed by atoms with van der Waals surface area (Å²) in [4.78, 5) is 19.8. The molecule has 4 nitrogen and oxygen atoms in total. The van der Waals surface area contributed by atoms with E-state index in [1.165, 1.54) is 0 Å². The van der Waals surface area contributed by atoms with Gasteiger partial charge in [-0.2, -0.15) is 0 Å². The Kier molecular flexibility index (Phi) is 4.34. The van der Waals surface area contributed by atoms with E-state index < -0.39 is 5.60 Å². The Bertz CT molecular complexity index is 736. The van der Waals surface area contributed by atoms with Crippen LogP contribution in [-0.4, -0.2) is 28.1 Å². The quantitative estimate of drug-likeness (QED) is 0.744. The summed E-state index contributed by atoms with van der Waals surface area (Å²) in [6.45, 7) is 6.84. The summed E-state index contributed by atoms with van der Waals surface area (Å²) >= 11 is 7.67. The van der Waals surface area contributed by atoms with Gasteiger partial charge < -0.3 is 9.64 Å². The summed E-state index contributed by atoms with van der Waals surface area (Å²) in [6.07, 6.45) is 0.493. The van der Waals surface area contributed by atoms with Crippen molar-refractivity contribution in [3.63, 3.8) is 0 Å². The predicted octanol–water partition coefficient (Wildman–Crippen LogP) is 4.76. The molecule has 2 heterocycles. The first-order valence-corrected chi connectivity index (χ1v) is 8.74. The van der Waals surface area contributed by atoms with Crippen molar-refractivity contribution in [2.75, 3.05) is 6.54 Å². The molecule has 0 saturated carbocycles. The number of hydrogen-bond acceptors (Lipinski definition) is 4. The maximum absolute atomic E-state index is 12.2. The molecule has 1 aromatic carbocycles.